The van der Waals surface area contributed by atoms with E-state index >= 15 is 0 Å². The molecule has 0 aromatic heterocycles. The van der Waals surface area contributed by atoms with Gasteiger partial charge in [-0.05, 0) is 45.8 Å². The number of hydrogen-bond donors (Lipinski definition) is 0. The minimum atomic E-state index is -2.16. The van der Waals surface area contributed by atoms with Gasteiger partial charge in [-0.15, -0.1) is 0 Å². The first-order valence-corrected chi connectivity index (χ1v) is 15.7. The molecule has 0 saturated carbocycles. The molecule has 8 heteroatoms. The molecule has 0 bridgehead atoms. The van der Waals surface area contributed by atoms with Crippen molar-refractivity contribution in [3.05, 3.63) is 0 Å². The van der Waals surface area contributed by atoms with Crippen LogP contribution in [0.5, 0.6) is 0 Å². The van der Waals surface area contributed by atoms with Crippen LogP contribution in [-0.2, 0) is 28.2 Å². The minimum Gasteiger partial charge on any atom is -0.413 e. The van der Waals surface area contributed by atoms with E-state index in [9.17, 15) is 4.79 Å². The van der Waals surface area contributed by atoms with Gasteiger partial charge in [-0.2, -0.15) is 0 Å². The van der Waals surface area contributed by atoms with Crippen molar-refractivity contribution < 1.29 is 28.2 Å². The second kappa shape index (κ2) is 10.1. The number of nitrogens with zero attached hydrogens (tertiary/aromatic N) is 1. The minimum absolute atomic E-state index is 0.0242. The lowest BCUT2D eigenvalue weighted by Crippen LogP contribution is -2.60. The van der Waals surface area contributed by atoms with Gasteiger partial charge in [-0.3, -0.25) is 4.79 Å². The monoisotopic (exact) mass is 501 g/mol. The summed E-state index contributed by atoms with van der Waals surface area (Å²) in [7, 11) is 1.45. The van der Waals surface area contributed by atoms with Gasteiger partial charge in [-0.25, -0.2) is 0 Å². The highest BCUT2D eigenvalue weighted by atomic mass is 28.4. The van der Waals surface area contributed by atoms with Gasteiger partial charge in [-0.1, -0.05) is 41.5 Å². The van der Waals surface area contributed by atoms with Gasteiger partial charge in [0.15, 0.2) is 19.9 Å². The number of ether oxygens (including phenoxy) is 4. The van der Waals surface area contributed by atoms with Crippen molar-refractivity contribution in [3.63, 3.8) is 0 Å². The van der Waals surface area contributed by atoms with Crippen molar-refractivity contribution in [2.75, 3.05) is 20.7 Å². The van der Waals surface area contributed by atoms with Gasteiger partial charge in [0.05, 0.1) is 30.8 Å². The maximum atomic E-state index is 13.1. The molecule has 0 aromatic rings. The molecule has 200 valence electrons. The molecule has 2 aliphatic heterocycles. The van der Waals surface area contributed by atoms with Crippen LogP contribution in [-0.4, -0.2) is 75.8 Å². The predicted molar refractivity (Wildman–Crippen MR) is 137 cm³/mol. The Morgan fingerprint density at radius 3 is 2.03 bits per heavy atom. The maximum absolute atomic E-state index is 13.1. The SMILES string of the molecule is C[C@@H]([C@H]1OC(C)(C)O[C@H]([C@H]2COC(C)(C)O2)[C@H]1C)[C@@H](O[Si](C)(C)C(C)(C)C)[C@@H](C)C(=O)N(C)C. The highest BCUT2D eigenvalue weighted by Gasteiger charge is 2.52. The van der Waals surface area contributed by atoms with Crippen LogP contribution in [0.3, 0.4) is 0 Å². The molecule has 2 aliphatic rings. The lowest BCUT2D eigenvalue weighted by atomic mass is 9.79. The quantitative estimate of drug-likeness (QED) is 0.455. The van der Waals surface area contributed by atoms with E-state index in [0.717, 1.165) is 0 Å². The molecular weight excluding hydrogens is 450 g/mol. The third-order valence-electron chi connectivity index (χ3n) is 7.87. The van der Waals surface area contributed by atoms with Crippen molar-refractivity contribution in [1.82, 2.24) is 4.90 Å². The molecule has 34 heavy (non-hydrogen) atoms. The summed E-state index contributed by atoms with van der Waals surface area (Å²) in [6.07, 6.45) is -0.821. The second-order valence-electron chi connectivity index (χ2n) is 13.0. The Balaban J connectivity index is 2.40. The van der Waals surface area contributed by atoms with Crippen molar-refractivity contribution in [2.45, 2.75) is 123 Å². The summed E-state index contributed by atoms with van der Waals surface area (Å²) in [6, 6.07) is 0. The molecule has 0 N–H and O–H groups in total. The molecule has 1 amide bonds. The van der Waals surface area contributed by atoms with Crippen LogP contribution in [0, 0.1) is 17.8 Å². The molecule has 0 radical (unpaired) electrons. The lowest BCUT2D eigenvalue weighted by molar-refractivity contribution is -0.344. The van der Waals surface area contributed by atoms with Crippen molar-refractivity contribution in [1.29, 1.82) is 0 Å². The Labute approximate surface area is 209 Å². The summed E-state index contributed by atoms with van der Waals surface area (Å²) < 4.78 is 32.0. The molecule has 2 saturated heterocycles. The fourth-order valence-corrected chi connectivity index (χ4v) is 6.33. The highest BCUT2D eigenvalue weighted by Crippen LogP contribution is 2.44. The molecule has 2 fully saturated rings. The zero-order valence-corrected chi connectivity index (χ0v) is 25.1. The van der Waals surface area contributed by atoms with Gasteiger partial charge in [0.25, 0.3) is 0 Å². The Morgan fingerprint density at radius 2 is 1.59 bits per heavy atom. The standard InChI is InChI=1S/C26H51NO6Si/c1-16(21(18(3)23(28)27(11)12)33-34(13,14)24(4,5)6)20-17(2)22(32-26(9,10)31-20)19-15-29-25(7,8)30-19/h16-22H,15H2,1-14H3/t16-,17-,18+,19+,20+,21+,22-/m0/s1. The van der Waals surface area contributed by atoms with Crippen molar-refractivity contribution >= 4 is 14.2 Å². The van der Waals surface area contributed by atoms with E-state index in [0.29, 0.717) is 6.61 Å². The topological polar surface area (TPSA) is 66.5 Å². The summed E-state index contributed by atoms with van der Waals surface area (Å²) in [4.78, 5) is 14.8. The fourth-order valence-electron chi connectivity index (χ4n) is 4.88. The number of carbonyl (C=O) groups excluding carboxylic acids is 1. The number of hydrogen-bond acceptors (Lipinski definition) is 6. The molecule has 7 atom stereocenters. The highest BCUT2D eigenvalue weighted by molar-refractivity contribution is 6.74. The molecule has 0 aromatic carbocycles. The summed E-state index contributed by atoms with van der Waals surface area (Å²) in [5, 5.41) is 0.0242. The first kappa shape index (κ1) is 29.7. The smallest absolute Gasteiger partial charge is 0.227 e. The van der Waals surface area contributed by atoms with Crippen LogP contribution in [0.15, 0.2) is 0 Å². The summed E-state index contributed by atoms with van der Waals surface area (Å²) in [5.41, 5.74) is 0. The van der Waals surface area contributed by atoms with E-state index in [1.807, 2.05) is 34.6 Å². The normalized spacial score (nSPS) is 32.2. The average molecular weight is 502 g/mol. The maximum Gasteiger partial charge on any atom is 0.227 e. The van der Waals surface area contributed by atoms with E-state index in [1.165, 1.54) is 0 Å². The number of rotatable bonds is 7. The van der Waals surface area contributed by atoms with Gasteiger partial charge in [0.1, 0.15) is 6.10 Å². The first-order chi connectivity index (χ1) is 15.2. The van der Waals surface area contributed by atoms with E-state index < -0.39 is 19.9 Å². The van der Waals surface area contributed by atoms with Crippen LogP contribution < -0.4 is 0 Å². The van der Waals surface area contributed by atoms with Gasteiger partial charge in [0, 0.05) is 25.9 Å². The summed E-state index contributed by atoms with van der Waals surface area (Å²) in [6.45, 7) is 25.7. The van der Waals surface area contributed by atoms with E-state index in [4.69, 9.17) is 23.4 Å². The van der Waals surface area contributed by atoms with Crippen LogP contribution >= 0.6 is 0 Å². The Kier molecular flexibility index (Phi) is 8.82. The Bertz CT molecular complexity index is 717. The van der Waals surface area contributed by atoms with Crippen molar-refractivity contribution in [2.24, 2.45) is 17.8 Å². The van der Waals surface area contributed by atoms with E-state index in [-0.39, 0.29) is 53.1 Å². The van der Waals surface area contributed by atoms with Gasteiger partial charge in [0.2, 0.25) is 5.91 Å². The first-order valence-electron chi connectivity index (χ1n) is 12.8. The van der Waals surface area contributed by atoms with Crippen molar-refractivity contribution in [3.8, 4) is 0 Å². The summed E-state index contributed by atoms with van der Waals surface area (Å²) >= 11 is 0. The number of amides is 1. The zero-order chi connectivity index (χ0) is 26.4. The molecule has 0 unspecified atom stereocenters. The fraction of sp³-hybridized carbons (Fsp3) is 0.962. The molecule has 7 nitrogen and oxygen atoms in total. The Morgan fingerprint density at radius 1 is 1.03 bits per heavy atom. The Hall–Kier alpha value is -0.513. The van der Waals surface area contributed by atoms with Crippen LogP contribution in [0.4, 0.5) is 0 Å². The van der Waals surface area contributed by atoms with E-state index in [1.54, 1.807) is 19.0 Å². The van der Waals surface area contributed by atoms with Crippen LogP contribution in [0.1, 0.15) is 69.2 Å². The van der Waals surface area contributed by atoms with E-state index in [2.05, 4.69) is 47.7 Å². The molecule has 0 aliphatic carbocycles. The third kappa shape index (κ3) is 6.62. The largest absolute Gasteiger partial charge is 0.413 e. The zero-order valence-electron chi connectivity index (χ0n) is 24.1. The molecular formula is C26H51NO6Si. The predicted octanol–water partition coefficient (Wildman–Crippen LogP) is 5.04. The summed E-state index contributed by atoms with van der Waals surface area (Å²) in [5.74, 6) is -1.66. The van der Waals surface area contributed by atoms with Crippen LogP contribution in [0.25, 0.3) is 0 Å². The molecule has 2 heterocycles. The van der Waals surface area contributed by atoms with Crippen LogP contribution in [0.2, 0.25) is 18.1 Å². The molecule has 0 spiro atoms. The third-order valence-corrected chi connectivity index (χ3v) is 12.3. The van der Waals surface area contributed by atoms with Gasteiger partial charge >= 0.3 is 0 Å². The van der Waals surface area contributed by atoms with Gasteiger partial charge < -0.3 is 28.3 Å². The lowest BCUT2D eigenvalue weighted by Gasteiger charge is -2.51. The average Bonchev–Trinajstić information content (AvgIpc) is 3.04. The molecule has 2 rings (SSSR count). The second-order valence-corrected chi connectivity index (χ2v) is 17.8. The number of carbonyl (C=O) groups is 1.